The van der Waals surface area contributed by atoms with Gasteiger partial charge in [-0.15, -0.1) is 0 Å². The summed E-state index contributed by atoms with van der Waals surface area (Å²) in [6, 6.07) is 22.1. The Hall–Kier alpha value is -3.64. The molecule has 0 aliphatic carbocycles. The lowest BCUT2D eigenvalue weighted by atomic mass is 10.0. The zero-order chi connectivity index (χ0) is 20.1. The van der Waals surface area contributed by atoms with E-state index in [-0.39, 0.29) is 12.1 Å². The van der Waals surface area contributed by atoms with Crippen LogP contribution in [0.1, 0.15) is 17.2 Å². The van der Waals surface area contributed by atoms with E-state index in [9.17, 15) is 9.90 Å². The van der Waals surface area contributed by atoms with E-state index in [4.69, 9.17) is 4.74 Å². The van der Waals surface area contributed by atoms with Crippen molar-refractivity contribution in [3.63, 3.8) is 0 Å². The van der Waals surface area contributed by atoms with Gasteiger partial charge in [-0.25, -0.2) is 4.98 Å². The summed E-state index contributed by atoms with van der Waals surface area (Å²) in [5.74, 6) is 1.25. The van der Waals surface area contributed by atoms with Gasteiger partial charge < -0.3 is 20.1 Å². The van der Waals surface area contributed by atoms with Gasteiger partial charge in [0.1, 0.15) is 18.2 Å². The number of anilines is 1. The number of aliphatic hydroxyl groups excluding tert-OH is 1. The van der Waals surface area contributed by atoms with E-state index in [0.29, 0.717) is 29.3 Å². The van der Waals surface area contributed by atoms with Crippen LogP contribution >= 0.6 is 0 Å². The van der Waals surface area contributed by atoms with Crippen molar-refractivity contribution < 1.29 is 9.84 Å². The minimum Gasteiger partial charge on any atom is -0.487 e. The van der Waals surface area contributed by atoms with E-state index >= 15 is 0 Å². The number of aromatic amines is 1. The number of nitrogens with one attached hydrogen (secondary N) is 2. The number of aromatic nitrogens is 2. The summed E-state index contributed by atoms with van der Waals surface area (Å²) in [4.78, 5) is 18.9. The molecular weight excluding hydrogens is 366 g/mol. The zero-order valence-electron chi connectivity index (χ0n) is 15.7. The van der Waals surface area contributed by atoms with Crippen molar-refractivity contribution in [2.75, 3.05) is 11.9 Å². The van der Waals surface area contributed by atoms with Gasteiger partial charge in [0.15, 0.2) is 0 Å². The van der Waals surface area contributed by atoms with Crippen molar-refractivity contribution in [2.24, 2.45) is 0 Å². The molecule has 0 bridgehead atoms. The maximum Gasteiger partial charge on any atom is 0.248 e. The molecule has 0 saturated carbocycles. The minimum atomic E-state index is -0.784. The maximum absolute atomic E-state index is 11.9. The molecule has 29 heavy (non-hydrogen) atoms. The molecule has 1 atom stereocenters. The Kier molecular flexibility index (Phi) is 5.54. The van der Waals surface area contributed by atoms with Crippen LogP contribution in [0.15, 0.2) is 83.8 Å². The van der Waals surface area contributed by atoms with Crippen molar-refractivity contribution in [3.8, 4) is 5.75 Å². The van der Waals surface area contributed by atoms with Gasteiger partial charge in [0.2, 0.25) is 5.56 Å². The predicted molar refractivity (Wildman–Crippen MR) is 113 cm³/mol. The van der Waals surface area contributed by atoms with Crippen molar-refractivity contribution >= 4 is 16.7 Å². The fourth-order valence-electron chi connectivity index (χ4n) is 3.17. The Bertz CT molecular complexity index is 1140. The average molecular weight is 387 g/mol. The maximum atomic E-state index is 11.9. The van der Waals surface area contributed by atoms with Crippen LogP contribution in [-0.2, 0) is 6.61 Å². The molecule has 2 aromatic heterocycles. The first-order valence-corrected chi connectivity index (χ1v) is 9.36. The Labute approximate surface area is 167 Å². The Morgan fingerprint density at radius 2 is 1.83 bits per heavy atom. The van der Waals surface area contributed by atoms with Crippen LogP contribution < -0.4 is 15.6 Å². The lowest BCUT2D eigenvalue weighted by Gasteiger charge is -2.17. The quantitative estimate of drug-likeness (QED) is 0.451. The summed E-state index contributed by atoms with van der Waals surface area (Å²) >= 11 is 0. The molecule has 0 aliphatic heterocycles. The van der Waals surface area contributed by atoms with Crippen LogP contribution in [0.25, 0.3) is 10.9 Å². The van der Waals surface area contributed by atoms with Crippen molar-refractivity contribution in [1.82, 2.24) is 9.97 Å². The molecule has 4 rings (SSSR count). The topological polar surface area (TPSA) is 87.2 Å². The fraction of sp³-hybridized carbons (Fsp3) is 0.130. The van der Waals surface area contributed by atoms with E-state index in [1.807, 2.05) is 54.6 Å². The minimum absolute atomic E-state index is 0.222. The number of rotatable bonds is 7. The lowest BCUT2D eigenvalue weighted by molar-refractivity contribution is 0.193. The number of fused-ring (bicyclic) bond motifs is 1. The molecule has 6 nitrogen and oxygen atoms in total. The van der Waals surface area contributed by atoms with Gasteiger partial charge in [-0.2, -0.15) is 0 Å². The molecule has 0 amide bonds. The summed E-state index contributed by atoms with van der Waals surface area (Å²) < 4.78 is 5.95. The molecule has 0 saturated heterocycles. The summed E-state index contributed by atoms with van der Waals surface area (Å²) in [7, 11) is 0. The number of pyridine rings is 2. The van der Waals surface area contributed by atoms with Gasteiger partial charge in [-0.05, 0) is 35.4 Å². The van der Waals surface area contributed by atoms with Crippen molar-refractivity contribution in [3.05, 3.63) is 100 Å². The van der Waals surface area contributed by atoms with Crippen LogP contribution in [0, 0.1) is 0 Å². The van der Waals surface area contributed by atoms with Gasteiger partial charge in [0.05, 0.1) is 11.6 Å². The van der Waals surface area contributed by atoms with Gasteiger partial charge in [-0.1, -0.05) is 42.5 Å². The van der Waals surface area contributed by atoms with Crippen LogP contribution in [-0.4, -0.2) is 21.6 Å². The van der Waals surface area contributed by atoms with E-state index in [1.54, 1.807) is 18.3 Å². The molecule has 146 valence electrons. The molecule has 3 N–H and O–H groups in total. The van der Waals surface area contributed by atoms with Crippen molar-refractivity contribution in [2.45, 2.75) is 12.7 Å². The number of nitrogens with zero attached hydrogens (tertiary/aromatic N) is 1. The Morgan fingerprint density at radius 3 is 2.62 bits per heavy atom. The molecule has 0 aliphatic rings. The Morgan fingerprint density at radius 1 is 1.00 bits per heavy atom. The monoisotopic (exact) mass is 387 g/mol. The normalized spacial score (nSPS) is 11.9. The van der Waals surface area contributed by atoms with Gasteiger partial charge in [-0.3, -0.25) is 4.79 Å². The first kappa shape index (κ1) is 18.7. The van der Waals surface area contributed by atoms with Crippen LogP contribution in [0.5, 0.6) is 5.75 Å². The predicted octanol–water partition coefficient (Wildman–Crippen LogP) is 3.65. The second-order valence-electron chi connectivity index (χ2n) is 6.65. The number of hydrogen-bond donors (Lipinski definition) is 3. The molecule has 2 heterocycles. The highest BCUT2D eigenvalue weighted by Gasteiger charge is 2.15. The number of H-pyrrole nitrogens is 1. The number of hydrogen-bond acceptors (Lipinski definition) is 5. The second kappa shape index (κ2) is 8.58. The van der Waals surface area contributed by atoms with E-state index in [2.05, 4.69) is 15.3 Å². The molecule has 0 spiro atoms. The summed E-state index contributed by atoms with van der Waals surface area (Å²) in [6.45, 7) is 0.672. The first-order valence-electron chi connectivity index (χ1n) is 9.36. The third-order valence-corrected chi connectivity index (χ3v) is 4.63. The van der Waals surface area contributed by atoms with Gasteiger partial charge in [0.25, 0.3) is 0 Å². The molecule has 1 unspecified atom stereocenters. The van der Waals surface area contributed by atoms with Crippen LogP contribution in [0.4, 0.5) is 5.82 Å². The molecule has 6 heteroatoms. The first-order chi connectivity index (χ1) is 14.2. The van der Waals surface area contributed by atoms with Crippen LogP contribution in [0.3, 0.4) is 0 Å². The van der Waals surface area contributed by atoms with E-state index < -0.39 is 6.10 Å². The van der Waals surface area contributed by atoms with E-state index in [1.165, 1.54) is 6.07 Å². The number of ether oxygens (including phenoxy) is 1. The summed E-state index contributed by atoms with van der Waals surface area (Å²) in [5.41, 5.74) is 2.08. The highest BCUT2D eigenvalue weighted by atomic mass is 16.5. The third kappa shape index (κ3) is 4.44. The number of aliphatic hydroxyl groups is 1. The molecular formula is C23H21N3O3. The van der Waals surface area contributed by atoms with Gasteiger partial charge >= 0.3 is 0 Å². The number of benzene rings is 2. The summed E-state index contributed by atoms with van der Waals surface area (Å²) in [6.07, 6.45) is 0.904. The second-order valence-corrected chi connectivity index (χ2v) is 6.65. The highest BCUT2D eigenvalue weighted by Crippen LogP contribution is 2.30. The standard InChI is InChI=1S/C23H21N3O3/c27-19(14-25-21-8-4-5-13-24-21)17-9-11-20(23-18(17)10-12-22(28)26-23)29-15-16-6-2-1-3-7-16/h1-13,19,27H,14-15H2,(H,24,25)(H,26,28). The van der Waals surface area contributed by atoms with E-state index in [0.717, 1.165) is 10.9 Å². The van der Waals surface area contributed by atoms with Crippen molar-refractivity contribution in [1.29, 1.82) is 0 Å². The zero-order valence-corrected chi connectivity index (χ0v) is 15.7. The molecule has 2 aromatic carbocycles. The Balaban J connectivity index is 1.59. The molecule has 0 fully saturated rings. The smallest absolute Gasteiger partial charge is 0.248 e. The SMILES string of the molecule is O=c1ccc2c(C(O)CNc3ccccn3)ccc(OCc3ccccc3)c2[nH]1. The largest absolute Gasteiger partial charge is 0.487 e. The molecule has 4 aromatic rings. The highest BCUT2D eigenvalue weighted by molar-refractivity contribution is 5.87. The van der Waals surface area contributed by atoms with Gasteiger partial charge in [0, 0.05) is 24.2 Å². The third-order valence-electron chi connectivity index (χ3n) is 4.63. The summed E-state index contributed by atoms with van der Waals surface area (Å²) in [5, 5.41) is 14.6. The molecule has 0 radical (unpaired) electrons. The van der Waals surface area contributed by atoms with Crippen LogP contribution in [0.2, 0.25) is 0 Å². The lowest BCUT2D eigenvalue weighted by Crippen LogP contribution is -2.14. The fourth-order valence-corrected chi connectivity index (χ4v) is 3.17. The average Bonchev–Trinajstić information content (AvgIpc) is 2.77.